The molecule has 4 rings (SSSR count). The number of fused-ring (bicyclic) bond motifs is 1. The smallest absolute Gasteiger partial charge is 0.269 e. The minimum Gasteiger partial charge on any atom is -0.495 e. The number of nitrogens with zero attached hydrogens (tertiary/aromatic N) is 1. The van der Waals surface area contributed by atoms with Crippen molar-refractivity contribution in [2.75, 3.05) is 12.4 Å². The van der Waals surface area contributed by atoms with E-state index >= 15 is 0 Å². The van der Waals surface area contributed by atoms with Gasteiger partial charge in [-0.05, 0) is 53.7 Å². The molecule has 0 spiro atoms. The molecule has 0 unspecified atom stereocenters. The number of aromatic amines is 1. The van der Waals surface area contributed by atoms with Crippen LogP contribution in [0.25, 0.3) is 22.2 Å². The van der Waals surface area contributed by atoms with Gasteiger partial charge in [-0.1, -0.05) is 12.1 Å². The highest BCUT2D eigenvalue weighted by molar-refractivity contribution is 7.97. The minimum absolute atomic E-state index is 0.201. The summed E-state index contributed by atoms with van der Waals surface area (Å²) in [5.74, 6) is 0.367. The third kappa shape index (κ3) is 3.42. The number of nitrogens with two attached hydrogens (primary N) is 1. The van der Waals surface area contributed by atoms with E-state index in [0.29, 0.717) is 16.3 Å². The van der Waals surface area contributed by atoms with Crippen molar-refractivity contribution in [1.82, 2.24) is 10.2 Å². The summed E-state index contributed by atoms with van der Waals surface area (Å²) in [6.45, 7) is 0. The van der Waals surface area contributed by atoms with Crippen LogP contribution in [0.5, 0.6) is 5.75 Å². The molecule has 0 aliphatic rings. The summed E-state index contributed by atoms with van der Waals surface area (Å²) in [6, 6.07) is 15.3. The lowest BCUT2D eigenvalue weighted by Crippen LogP contribution is -2.11. The number of carbonyl (C=O) groups is 1. The fraction of sp³-hybridized carbons (Fsp3) is 0.0526. The topological polar surface area (TPSA) is 93.0 Å². The molecule has 0 aliphatic carbocycles. The molecule has 0 radical (unpaired) electrons. The van der Waals surface area contributed by atoms with Gasteiger partial charge in [0, 0.05) is 21.5 Å². The molecule has 6 nitrogen and oxygen atoms in total. The molecule has 0 fully saturated rings. The molecule has 1 amide bonds. The molecule has 2 aromatic carbocycles. The number of hydrogen-bond acceptors (Lipinski definition) is 6. The van der Waals surface area contributed by atoms with E-state index in [2.05, 4.69) is 15.5 Å². The van der Waals surface area contributed by atoms with Crippen LogP contribution in [-0.4, -0.2) is 23.2 Å². The standard InChI is InChI=1S/C19H16N4O2S2/c1-25-16-7-8-26-18(16)19(24)21-12-5-6-15-14(10-12)17(23-22-15)11-3-2-4-13(9-11)27-20/h2-10H,20H2,1H3,(H,21,24)(H,22,23). The zero-order chi connectivity index (χ0) is 18.8. The molecule has 0 saturated carbocycles. The number of carbonyl (C=O) groups excluding carboxylic acids is 1. The lowest BCUT2D eigenvalue weighted by Gasteiger charge is -2.06. The molecular formula is C19H16N4O2S2. The predicted octanol–water partition coefficient (Wildman–Crippen LogP) is 4.52. The summed E-state index contributed by atoms with van der Waals surface area (Å²) in [4.78, 5) is 14.0. The average molecular weight is 396 g/mol. The molecule has 4 N–H and O–H groups in total. The van der Waals surface area contributed by atoms with Crippen LogP contribution in [0.4, 0.5) is 5.69 Å². The van der Waals surface area contributed by atoms with E-state index in [1.807, 2.05) is 47.8 Å². The van der Waals surface area contributed by atoms with Gasteiger partial charge in [-0.25, -0.2) is 0 Å². The SMILES string of the molecule is COc1ccsc1C(=O)Nc1ccc2[nH]nc(-c3cccc(SN)c3)c2c1. The maximum Gasteiger partial charge on any atom is 0.269 e. The first-order valence-corrected chi connectivity index (χ1v) is 9.83. The Bertz CT molecular complexity index is 1120. The molecule has 136 valence electrons. The Kier molecular flexibility index (Phi) is 4.85. The normalized spacial score (nSPS) is 10.9. The summed E-state index contributed by atoms with van der Waals surface area (Å²) in [7, 11) is 1.55. The molecule has 2 heterocycles. The van der Waals surface area contributed by atoms with Gasteiger partial charge in [0.25, 0.3) is 5.91 Å². The quantitative estimate of drug-likeness (QED) is 0.431. The summed E-state index contributed by atoms with van der Waals surface area (Å²) in [5.41, 5.74) is 3.35. The van der Waals surface area contributed by atoms with E-state index in [4.69, 9.17) is 9.88 Å². The van der Waals surface area contributed by atoms with Gasteiger partial charge < -0.3 is 10.1 Å². The van der Waals surface area contributed by atoms with Crippen LogP contribution in [0.2, 0.25) is 0 Å². The zero-order valence-electron chi connectivity index (χ0n) is 14.4. The summed E-state index contributed by atoms with van der Waals surface area (Å²) in [6.07, 6.45) is 0. The van der Waals surface area contributed by atoms with Gasteiger partial charge >= 0.3 is 0 Å². The first-order chi connectivity index (χ1) is 13.2. The molecular weight excluding hydrogens is 380 g/mol. The highest BCUT2D eigenvalue weighted by Gasteiger charge is 2.15. The minimum atomic E-state index is -0.201. The maximum atomic E-state index is 12.5. The van der Waals surface area contributed by atoms with Gasteiger partial charge in [-0.2, -0.15) is 5.10 Å². The maximum absolute atomic E-state index is 12.5. The molecule has 0 bridgehead atoms. The third-order valence-electron chi connectivity index (χ3n) is 4.12. The second kappa shape index (κ2) is 7.43. The van der Waals surface area contributed by atoms with E-state index in [9.17, 15) is 4.79 Å². The van der Waals surface area contributed by atoms with Gasteiger partial charge in [0.2, 0.25) is 0 Å². The Morgan fingerprint density at radius 3 is 2.96 bits per heavy atom. The first-order valence-electron chi connectivity index (χ1n) is 8.07. The number of benzene rings is 2. The van der Waals surface area contributed by atoms with Crippen LogP contribution in [0.1, 0.15) is 9.67 Å². The number of thiophene rings is 1. The molecule has 2 aromatic heterocycles. The van der Waals surface area contributed by atoms with Crippen LogP contribution in [0.15, 0.2) is 58.8 Å². The summed E-state index contributed by atoms with van der Waals surface area (Å²) >= 11 is 2.53. The van der Waals surface area contributed by atoms with Crippen LogP contribution in [-0.2, 0) is 0 Å². The predicted molar refractivity (Wildman–Crippen MR) is 110 cm³/mol. The van der Waals surface area contributed by atoms with E-state index in [1.54, 1.807) is 13.2 Å². The lowest BCUT2D eigenvalue weighted by atomic mass is 10.1. The summed E-state index contributed by atoms with van der Waals surface area (Å²) in [5, 5.41) is 18.8. The van der Waals surface area contributed by atoms with Gasteiger partial charge in [-0.15, -0.1) is 11.3 Å². The van der Waals surface area contributed by atoms with Crippen molar-refractivity contribution in [3.63, 3.8) is 0 Å². The van der Waals surface area contributed by atoms with Crippen molar-refractivity contribution in [1.29, 1.82) is 0 Å². The lowest BCUT2D eigenvalue weighted by molar-refractivity contribution is 0.102. The van der Waals surface area contributed by atoms with Crippen molar-refractivity contribution >= 4 is 45.8 Å². The van der Waals surface area contributed by atoms with Crippen LogP contribution < -0.4 is 15.2 Å². The van der Waals surface area contributed by atoms with Gasteiger partial charge in [-0.3, -0.25) is 15.0 Å². The van der Waals surface area contributed by atoms with E-state index in [-0.39, 0.29) is 5.91 Å². The molecule has 27 heavy (non-hydrogen) atoms. The Morgan fingerprint density at radius 2 is 2.15 bits per heavy atom. The third-order valence-corrected chi connectivity index (χ3v) is 5.54. The zero-order valence-corrected chi connectivity index (χ0v) is 16.0. The van der Waals surface area contributed by atoms with Crippen LogP contribution in [0, 0.1) is 0 Å². The van der Waals surface area contributed by atoms with Crippen LogP contribution >= 0.6 is 23.3 Å². The van der Waals surface area contributed by atoms with Crippen molar-refractivity contribution < 1.29 is 9.53 Å². The largest absolute Gasteiger partial charge is 0.495 e. The van der Waals surface area contributed by atoms with Crippen LogP contribution in [0.3, 0.4) is 0 Å². The van der Waals surface area contributed by atoms with Crippen molar-refractivity contribution in [3.05, 3.63) is 58.8 Å². The second-order valence-electron chi connectivity index (χ2n) is 5.75. The number of H-pyrrole nitrogens is 1. The van der Waals surface area contributed by atoms with Gasteiger partial charge in [0.05, 0.1) is 12.6 Å². The fourth-order valence-corrected chi connectivity index (χ4v) is 3.95. The Balaban J connectivity index is 1.68. The molecule has 0 saturated heterocycles. The Labute approximate surface area is 163 Å². The van der Waals surface area contributed by atoms with Crippen molar-refractivity contribution in [2.45, 2.75) is 4.90 Å². The highest BCUT2D eigenvalue weighted by Crippen LogP contribution is 2.31. The van der Waals surface area contributed by atoms with Crippen molar-refractivity contribution in [2.24, 2.45) is 5.14 Å². The second-order valence-corrected chi connectivity index (χ2v) is 7.37. The number of hydrogen-bond donors (Lipinski definition) is 3. The number of nitrogens with one attached hydrogen (secondary N) is 2. The van der Waals surface area contributed by atoms with Gasteiger partial charge in [0.1, 0.15) is 16.3 Å². The van der Waals surface area contributed by atoms with E-state index < -0.39 is 0 Å². The van der Waals surface area contributed by atoms with E-state index in [0.717, 1.165) is 27.1 Å². The number of ether oxygens (including phenoxy) is 1. The monoisotopic (exact) mass is 396 g/mol. The highest BCUT2D eigenvalue weighted by atomic mass is 32.2. The number of rotatable bonds is 5. The number of amides is 1. The Morgan fingerprint density at radius 1 is 1.26 bits per heavy atom. The number of anilines is 1. The van der Waals surface area contributed by atoms with Crippen molar-refractivity contribution in [3.8, 4) is 17.0 Å². The number of methoxy groups -OCH3 is 1. The Hall–Kier alpha value is -2.81. The number of aromatic nitrogens is 2. The average Bonchev–Trinajstić information content (AvgIpc) is 3.34. The molecule has 8 heteroatoms. The van der Waals surface area contributed by atoms with E-state index in [1.165, 1.54) is 23.3 Å². The molecule has 0 aliphatic heterocycles. The summed E-state index contributed by atoms with van der Waals surface area (Å²) < 4.78 is 5.22. The fourth-order valence-electron chi connectivity index (χ4n) is 2.84. The van der Waals surface area contributed by atoms with Gasteiger partial charge in [0.15, 0.2) is 0 Å². The molecule has 4 aromatic rings. The first kappa shape index (κ1) is 17.6. The molecule has 0 atom stereocenters.